The van der Waals surface area contributed by atoms with Crippen LogP contribution in [0.4, 0.5) is 0 Å². The van der Waals surface area contributed by atoms with Crippen molar-refractivity contribution in [3.8, 4) is 0 Å². The molecule has 0 bridgehead atoms. The van der Waals surface area contributed by atoms with Crippen LogP contribution in [-0.2, 0) is 4.57 Å². The van der Waals surface area contributed by atoms with Crippen LogP contribution >= 0.6 is 7.44 Å². The zero-order valence-electron chi connectivity index (χ0n) is 11.0. The molecular weight excluding hydrogens is 251 g/mol. The van der Waals surface area contributed by atoms with Crippen LogP contribution in [0.2, 0.25) is 0 Å². The molecule has 1 aliphatic rings. The summed E-state index contributed by atoms with van der Waals surface area (Å²) in [5.74, 6) is 0.933. The highest BCUT2D eigenvalue weighted by Gasteiger charge is 2.42. The molecule has 1 rings (SSSR count). The molecule has 0 amide bonds. The van der Waals surface area contributed by atoms with E-state index in [1.165, 1.54) is 0 Å². The minimum absolute atomic E-state index is 0.183. The molecule has 8 heteroatoms. The molecule has 0 heterocycles. The first-order valence-corrected chi connectivity index (χ1v) is 7.85. The predicted molar refractivity (Wildman–Crippen MR) is 71.0 cm³/mol. The van der Waals surface area contributed by atoms with Gasteiger partial charge in [0.25, 0.3) is 7.44 Å². The van der Waals surface area contributed by atoms with Crippen molar-refractivity contribution in [2.45, 2.75) is 45.7 Å². The van der Waals surface area contributed by atoms with E-state index in [4.69, 9.17) is 11.1 Å². The Morgan fingerprint density at radius 3 is 2.22 bits per heavy atom. The van der Waals surface area contributed by atoms with Crippen molar-refractivity contribution < 1.29 is 4.57 Å². The SMILES string of the molecule is CC1CCC(C(C)C)C(P(=O)(N=[N+]=[N-])N=[N+]=[N-])C1. The van der Waals surface area contributed by atoms with Crippen molar-refractivity contribution in [1.82, 2.24) is 0 Å². The smallest absolute Gasteiger partial charge is 0.261 e. The Hall–Kier alpha value is -1.15. The molecule has 7 nitrogen and oxygen atoms in total. The van der Waals surface area contributed by atoms with Gasteiger partial charge in [-0.3, -0.25) is 0 Å². The lowest BCUT2D eigenvalue weighted by Crippen LogP contribution is -2.31. The molecule has 0 aromatic carbocycles. The zero-order valence-corrected chi connectivity index (χ0v) is 11.9. The first-order chi connectivity index (χ1) is 8.44. The van der Waals surface area contributed by atoms with Crippen molar-refractivity contribution >= 4 is 7.44 Å². The van der Waals surface area contributed by atoms with E-state index in [-0.39, 0.29) is 11.6 Å². The van der Waals surface area contributed by atoms with E-state index in [1.54, 1.807) is 0 Å². The van der Waals surface area contributed by atoms with Crippen LogP contribution in [0.5, 0.6) is 0 Å². The van der Waals surface area contributed by atoms with Crippen molar-refractivity contribution in [2.75, 3.05) is 0 Å². The monoisotopic (exact) mass is 270 g/mol. The molecule has 0 radical (unpaired) electrons. The molecule has 0 aliphatic heterocycles. The number of hydrogen-bond donors (Lipinski definition) is 0. The summed E-state index contributed by atoms with van der Waals surface area (Å²) in [6.07, 6.45) is 2.71. The van der Waals surface area contributed by atoms with Crippen molar-refractivity contribution in [3.05, 3.63) is 20.9 Å². The fourth-order valence-electron chi connectivity index (χ4n) is 2.80. The first-order valence-electron chi connectivity index (χ1n) is 6.17. The zero-order chi connectivity index (χ0) is 13.8. The summed E-state index contributed by atoms with van der Waals surface area (Å²) in [6, 6.07) is 0. The molecule has 3 atom stereocenters. The maximum Gasteiger partial charge on any atom is 0.261 e. The van der Waals surface area contributed by atoms with Gasteiger partial charge in [0, 0.05) is 15.5 Å². The number of rotatable bonds is 4. The standard InChI is InChI=1S/C10H19N6OP/c1-7(2)9-5-4-8(3)6-10(9)18(17,15-13-11)16-14-12/h7-10H,4-6H2,1-3H3. The molecule has 100 valence electrons. The van der Waals surface area contributed by atoms with Gasteiger partial charge in [-0.25, -0.2) is 0 Å². The van der Waals surface area contributed by atoms with Crippen molar-refractivity contribution in [1.29, 1.82) is 0 Å². The van der Waals surface area contributed by atoms with E-state index in [0.29, 0.717) is 18.3 Å². The third kappa shape index (κ3) is 3.20. The third-order valence-electron chi connectivity index (χ3n) is 3.76. The Balaban J connectivity index is 3.16. The van der Waals surface area contributed by atoms with Gasteiger partial charge in [-0.2, -0.15) is 0 Å². The van der Waals surface area contributed by atoms with Crippen LogP contribution in [0.3, 0.4) is 0 Å². The molecule has 0 saturated heterocycles. The molecule has 1 aliphatic carbocycles. The highest BCUT2D eigenvalue weighted by atomic mass is 31.2. The highest BCUT2D eigenvalue weighted by Crippen LogP contribution is 2.61. The third-order valence-corrected chi connectivity index (χ3v) is 5.89. The summed E-state index contributed by atoms with van der Waals surface area (Å²) in [6.45, 7) is 6.20. The summed E-state index contributed by atoms with van der Waals surface area (Å²) in [5.41, 5.74) is 16.8. The van der Waals surface area contributed by atoms with Crippen LogP contribution in [0.1, 0.15) is 40.0 Å². The number of hydrogen-bond acceptors (Lipinski definition) is 1. The van der Waals surface area contributed by atoms with E-state index >= 15 is 0 Å². The maximum atomic E-state index is 12.6. The first kappa shape index (κ1) is 14.9. The van der Waals surface area contributed by atoms with Crippen LogP contribution in [0.25, 0.3) is 20.9 Å². The average Bonchev–Trinajstić information content (AvgIpc) is 2.29. The summed E-state index contributed by atoms with van der Waals surface area (Å²) < 4.78 is 12.6. The minimum atomic E-state index is -3.53. The van der Waals surface area contributed by atoms with Crippen LogP contribution in [0, 0.1) is 17.8 Å². The number of azide groups is 1. The van der Waals surface area contributed by atoms with Gasteiger partial charge in [0.15, 0.2) is 0 Å². The molecule has 18 heavy (non-hydrogen) atoms. The van der Waals surface area contributed by atoms with E-state index in [1.807, 2.05) is 0 Å². The van der Waals surface area contributed by atoms with Gasteiger partial charge < -0.3 is 4.57 Å². The summed E-state index contributed by atoms with van der Waals surface area (Å²) >= 11 is 0. The fraction of sp³-hybridized carbons (Fsp3) is 1.00. The topological polar surface area (TPSA) is 115 Å². The van der Waals surface area contributed by atoms with Crippen LogP contribution in [-0.4, -0.2) is 5.66 Å². The normalized spacial score (nSPS) is 31.0. The van der Waals surface area contributed by atoms with E-state index in [2.05, 4.69) is 40.4 Å². The van der Waals surface area contributed by atoms with Gasteiger partial charge in [0.2, 0.25) is 0 Å². The van der Waals surface area contributed by atoms with E-state index in [9.17, 15) is 4.57 Å². The van der Waals surface area contributed by atoms with Gasteiger partial charge in [-0.1, -0.05) is 27.2 Å². The van der Waals surface area contributed by atoms with E-state index in [0.717, 1.165) is 12.8 Å². The maximum absolute atomic E-state index is 12.6. The summed E-state index contributed by atoms with van der Waals surface area (Å²) in [7, 11) is -3.53. The Morgan fingerprint density at radius 2 is 1.78 bits per heavy atom. The Labute approximate surface area is 107 Å². The van der Waals surface area contributed by atoms with Gasteiger partial charge >= 0.3 is 0 Å². The Kier molecular flexibility index (Phi) is 5.09. The number of nitrogens with zero attached hydrogens (tertiary/aromatic N) is 6. The largest absolute Gasteiger partial charge is 0.309 e. The second-order valence-corrected chi connectivity index (χ2v) is 7.54. The van der Waals surface area contributed by atoms with Gasteiger partial charge in [0.1, 0.15) is 0 Å². The summed E-state index contributed by atoms with van der Waals surface area (Å²) in [5, 5.41) is 0. The highest BCUT2D eigenvalue weighted by molar-refractivity contribution is 7.61. The molecule has 1 saturated carbocycles. The average molecular weight is 270 g/mol. The lowest BCUT2D eigenvalue weighted by Gasteiger charge is -2.38. The molecule has 0 aromatic heterocycles. The summed E-state index contributed by atoms with van der Waals surface area (Å²) in [4.78, 5) is 11.9. The molecule has 0 spiro atoms. The fourth-order valence-corrected chi connectivity index (χ4v) is 4.96. The lowest BCUT2D eigenvalue weighted by atomic mass is 9.77. The van der Waals surface area contributed by atoms with Gasteiger partial charge in [-0.15, -0.1) is 0 Å². The quantitative estimate of drug-likeness (QED) is 0.294. The molecule has 1 fully saturated rings. The van der Waals surface area contributed by atoms with E-state index < -0.39 is 7.44 Å². The molecule has 0 N–H and O–H groups in total. The van der Waals surface area contributed by atoms with Gasteiger partial charge in [0.05, 0.1) is 0 Å². The second-order valence-electron chi connectivity index (χ2n) is 5.34. The van der Waals surface area contributed by atoms with Crippen LogP contribution in [0.15, 0.2) is 9.77 Å². The lowest BCUT2D eigenvalue weighted by molar-refractivity contribution is 0.236. The predicted octanol–water partition coefficient (Wildman–Crippen LogP) is 5.26. The van der Waals surface area contributed by atoms with Crippen molar-refractivity contribution in [2.24, 2.45) is 27.5 Å². The Morgan fingerprint density at radius 1 is 1.22 bits per heavy atom. The second kappa shape index (κ2) is 6.14. The Bertz CT molecular complexity index is 416. The van der Waals surface area contributed by atoms with Crippen molar-refractivity contribution in [3.63, 3.8) is 0 Å². The van der Waals surface area contributed by atoms with Gasteiger partial charge in [-0.05, 0) is 51.4 Å². The van der Waals surface area contributed by atoms with Crippen LogP contribution < -0.4 is 0 Å². The molecule has 3 unspecified atom stereocenters. The molecular formula is C10H19N6OP. The molecule has 0 aromatic rings. The minimum Gasteiger partial charge on any atom is -0.309 e.